The van der Waals surface area contributed by atoms with E-state index in [1.54, 1.807) is 24.3 Å². The van der Waals surface area contributed by atoms with E-state index in [4.69, 9.17) is 0 Å². The van der Waals surface area contributed by atoms with Crippen LogP contribution < -0.4 is 0 Å². The lowest BCUT2D eigenvalue weighted by molar-refractivity contribution is 0.758. The zero-order chi connectivity index (χ0) is 28.2. The van der Waals surface area contributed by atoms with E-state index in [0.717, 1.165) is 44.5 Å². The average molecular weight is 527 g/mol. The van der Waals surface area contributed by atoms with Gasteiger partial charge in [-0.05, 0) is 49.9 Å². The first-order valence-corrected chi connectivity index (χ1v) is 13.5. The summed E-state index contributed by atoms with van der Waals surface area (Å²) in [4.78, 5) is 0. The highest BCUT2D eigenvalue weighted by Gasteiger charge is 2.17. The molecule has 0 nitrogen and oxygen atoms in total. The summed E-state index contributed by atoms with van der Waals surface area (Å²) in [7, 11) is 0. The van der Waals surface area contributed by atoms with E-state index in [-0.39, 0.29) is 11.7 Å². The van der Waals surface area contributed by atoms with Crippen LogP contribution in [0.2, 0.25) is 0 Å². The van der Waals surface area contributed by atoms with Crippen LogP contribution in [0, 0.1) is 27.7 Å². The maximum atomic E-state index is 16.2. The lowest BCUT2D eigenvalue weighted by Crippen LogP contribution is -1.95. The molecule has 2 heteroatoms. The average Bonchev–Trinajstić information content (AvgIpc) is 2.97. The Kier molecular flexibility index (Phi) is 7.89. The van der Waals surface area contributed by atoms with Crippen molar-refractivity contribution in [3.8, 4) is 0 Å². The lowest BCUT2D eigenvalue weighted by atomic mass is 9.92. The molecule has 5 aromatic carbocycles. The van der Waals surface area contributed by atoms with E-state index in [1.807, 2.05) is 125 Å². The van der Waals surface area contributed by atoms with Crippen molar-refractivity contribution in [1.82, 2.24) is 0 Å². The predicted octanol–water partition coefficient (Wildman–Crippen LogP) is 10.7. The fourth-order valence-electron chi connectivity index (χ4n) is 4.77. The molecule has 0 bridgehead atoms. The summed E-state index contributed by atoms with van der Waals surface area (Å²) < 4.78 is 32.5. The van der Waals surface area contributed by atoms with Gasteiger partial charge in [0.25, 0.3) is 0 Å². The van der Waals surface area contributed by atoms with E-state index in [1.165, 1.54) is 0 Å². The second-order valence-corrected chi connectivity index (χ2v) is 10.4. The van der Waals surface area contributed by atoms with Gasteiger partial charge in [0.2, 0.25) is 0 Å². The largest absolute Gasteiger partial charge is 0.206 e. The molecule has 0 spiro atoms. The molecule has 0 aliphatic rings. The Balaban J connectivity index is 1.61. The second-order valence-electron chi connectivity index (χ2n) is 10.4. The van der Waals surface area contributed by atoms with Gasteiger partial charge in [-0.2, -0.15) is 0 Å². The predicted molar refractivity (Wildman–Crippen MR) is 165 cm³/mol. The summed E-state index contributed by atoms with van der Waals surface area (Å²) in [5.41, 5.74) is 9.45. The molecule has 0 aliphatic carbocycles. The van der Waals surface area contributed by atoms with Crippen LogP contribution in [-0.2, 0) is 0 Å². The van der Waals surface area contributed by atoms with Crippen molar-refractivity contribution >= 4 is 22.8 Å². The molecule has 0 atom stereocenters. The number of halogens is 2. The molecule has 0 unspecified atom stereocenters. The normalized spacial score (nSPS) is 10.8. The van der Waals surface area contributed by atoms with E-state index >= 15 is 8.78 Å². The minimum atomic E-state index is -0.346. The Labute approximate surface area is 236 Å². The smallest absolute Gasteiger partial charge is 0.138 e. The first kappa shape index (κ1) is 27.0. The number of hydrogen-bond acceptors (Lipinski definition) is 0. The zero-order valence-corrected chi connectivity index (χ0v) is 23.3. The van der Waals surface area contributed by atoms with Crippen molar-refractivity contribution in [1.29, 1.82) is 0 Å². The Morgan fingerprint density at radius 1 is 0.300 bits per heavy atom. The standard InChI is InChI=1S/C38H32F2/c1-25-5-13-29(14-6-25)35(30-15-7-26(2)8-16-30)37(39)33-21-23-34(24-22-33)38(40)36(31-17-9-27(3)10-18-31)32-19-11-28(4)12-20-32/h5-24H,1-4H3. The Morgan fingerprint density at radius 3 is 0.675 bits per heavy atom. The summed E-state index contributed by atoms with van der Waals surface area (Å²) in [6, 6.07) is 38.0. The van der Waals surface area contributed by atoms with Crippen molar-refractivity contribution in [3.05, 3.63) is 177 Å². The molecule has 0 saturated carbocycles. The third-order valence-corrected chi connectivity index (χ3v) is 7.19. The maximum Gasteiger partial charge on any atom is 0.138 e. The molecule has 0 N–H and O–H groups in total. The molecular weight excluding hydrogens is 494 g/mol. The van der Waals surface area contributed by atoms with Gasteiger partial charge in [-0.3, -0.25) is 0 Å². The highest BCUT2D eigenvalue weighted by Crippen LogP contribution is 2.37. The Morgan fingerprint density at radius 2 is 0.475 bits per heavy atom. The molecule has 0 heterocycles. The molecule has 0 radical (unpaired) electrons. The number of hydrogen-bond donors (Lipinski definition) is 0. The van der Waals surface area contributed by atoms with Crippen molar-refractivity contribution in [2.75, 3.05) is 0 Å². The van der Waals surface area contributed by atoms with Crippen molar-refractivity contribution in [3.63, 3.8) is 0 Å². The summed E-state index contributed by atoms with van der Waals surface area (Å²) in [6.45, 7) is 8.05. The van der Waals surface area contributed by atoms with Crippen LogP contribution in [0.15, 0.2) is 121 Å². The fourth-order valence-corrected chi connectivity index (χ4v) is 4.77. The van der Waals surface area contributed by atoms with Crippen molar-refractivity contribution in [2.24, 2.45) is 0 Å². The van der Waals surface area contributed by atoms with E-state index in [0.29, 0.717) is 22.3 Å². The van der Waals surface area contributed by atoms with Crippen LogP contribution >= 0.6 is 0 Å². The Hall–Kier alpha value is -4.56. The topological polar surface area (TPSA) is 0 Å². The summed E-state index contributed by atoms with van der Waals surface area (Å²) >= 11 is 0. The minimum Gasteiger partial charge on any atom is -0.206 e. The zero-order valence-electron chi connectivity index (χ0n) is 23.3. The monoisotopic (exact) mass is 526 g/mol. The summed E-state index contributed by atoms with van der Waals surface area (Å²) in [5.74, 6) is -0.693. The second kappa shape index (κ2) is 11.7. The molecule has 0 amide bonds. The summed E-state index contributed by atoms with van der Waals surface area (Å²) in [6.07, 6.45) is 0. The van der Waals surface area contributed by atoms with Crippen LogP contribution in [0.4, 0.5) is 8.78 Å². The van der Waals surface area contributed by atoms with Gasteiger partial charge in [-0.1, -0.05) is 144 Å². The molecule has 0 fully saturated rings. The molecule has 5 rings (SSSR count). The molecule has 0 aromatic heterocycles. The van der Waals surface area contributed by atoms with Crippen LogP contribution in [0.5, 0.6) is 0 Å². The third kappa shape index (κ3) is 5.87. The molecule has 40 heavy (non-hydrogen) atoms. The fraction of sp³-hybridized carbons (Fsp3) is 0.105. The van der Waals surface area contributed by atoms with Gasteiger partial charge in [-0.25, -0.2) is 8.78 Å². The van der Waals surface area contributed by atoms with Gasteiger partial charge >= 0.3 is 0 Å². The maximum absolute atomic E-state index is 16.2. The van der Waals surface area contributed by atoms with Gasteiger partial charge < -0.3 is 0 Å². The molecule has 5 aromatic rings. The van der Waals surface area contributed by atoms with Crippen LogP contribution in [-0.4, -0.2) is 0 Å². The summed E-state index contributed by atoms with van der Waals surface area (Å²) in [5, 5.41) is 0. The quantitative estimate of drug-likeness (QED) is 0.193. The van der Waals surface area contributed by atoms with Crippen LogP contribution in [0.1, 0.15) is 55.6 Å². The van der Waals surface area contributed by atoms with Crippen molar-refractivity contribution < 1.29 is 8.78 Å². The first-order valence-electron chi connectivity index (χ1n) is 13.5. The van der Waals surface area contributed by atoms with Crippen molar-refractivity contribution in [2.45, 2.75) is 27.7 Å². The van der Waals surface area contributed by atoms with E-state index < -0.39 is 0 Å². The minimum absolute atomic E-state index is 0.346. The highest BCUT2D eigenvalue weighted by atomic mass is 19.1. The van der Waals surface area contributed by atoms with Gasteiger partial charge in [0, 0.05) is 22.3 Å². The molecule has 198 valence electrons. The van der Waals surface area contributed by atoms with Crippen LogP contribution in [0.3, 0.4) is 0 Å². The number of benzene rings is 5. The number of rotatable bonds is 6. The van der Waals surface area contributed by atoms with Gasteiger partial charge in [0.05, 0.1) is 0 Å². The molecule has 0 aliphatic heterocycles. The van der Waals surface area contributed by atoms with E-state index in [9.17, 15) is 0 Å². The lowest BCUT2D eigenvalue weighted by Gasteiger charge is -2.14. The molecular formula is C38H32F2. The third-order valence-electron chi connectivity index (χ3n) is 7.19. The SMILES string of the molecule is Cc1ccc(C(=C(F)c2ccc(C(F)=C(c3ccc(C)cc3)c3ccc(C)cc3)cc2)c2ccc(C)cc2)cc1. The van der Waals surface area contributed by atoms with Gasteiger partial charge in [0.1, 0.15) is 11.7 Å². The first-order chi connectivity index (χ1) is 19.3. The van der Waals surface area contributed by atoms with Gasteiger partial charge in [-0.15, -0.1) is 0 Å². The van der Waals surface area contributed by atoms with Crippen LogP contribution in [0.25, 0.3) is 22.8 Å². The van der Waals surface area contributed by atoms with E-state index in [2.05, 4.69) is 0 Å². The Bertz CT molecular complexity index is 1440. The highest BCUT2D eigenvalue weighted by molar-refractivity contribution is 5.98. The molecule has 0 saturated heterocycles. The number of aryl methyl sites for hydroxylation is 4. The van der Waals surface area contributed by atoms with Gasteiger partial charge in [0.15, 0.2) is 0 Å².